The molecule has 4 bridgehead atoms. The first-order chi connectivity index (χ1) is 9.07. The Morgan fingerprint density at radius 3 is 2.26 bits per heavy atom. The van der Waals surface area contributed by atoms with Crippen molar-refractivity contribution in [2.24, 2.45) is 23.2 Å². The molecule has 0 heterocycles. The molecule has 0 aromatic carbocycles. The zero-order chi connectivity index (χ0) is 13.5. The van der Waals surface area contributed by atoms with Crippen molar-refractivity contribution in [1.29, 1.82) is 0 Å². The molecule has 0 radical (unpaired) electrons. The van der Waals surface area contributed by atoms with Gasteiger partial charge in [-0.1, -0.05) is 12.8 Å². The second kappa shape index (κ2) is 5.08. The van der Waals surface area contributed by atoms with E-state index in [9.17, 15) is 4.79 Å². The van der Waals surface area contributed by atoms with Crippen LogP contribution >= 0.6 is 0 Å². The Morgan fingerprint density at radius 1 is 1.11 bits per heavy atom. The van der Waals surface area contributed by atoms with Gasteiger partial charge in [-0.25, -0.2) is 0 Å². The third-order valence-corrected chi connectivity index (χ3v) is 5.75. The number of fused-ring (bicyclic) bond motifs is 1. The number of carbonyl (C=O) groups is 1. The molecule has 4 rings (SSSR count). The maximum Gasteiger partial charge on any atom is 0.226 e. The molecule has 0 aromatic rings. The van der Waals surface area contributed by atoms with Crippen molar-refractivity contribution in [3.8, 4) is 0 Å². The predicted molar refractivity (Wildman–Crippen MR) is 75.9 cm³/mol. The fourth-order valence-electron chi connectivity index (χ4n) is 5.08. The van der Waals surface area contributed by atoms with Gasteiger partial charge in [-0.3, -0.25) is 4.79 Å². The molecule has 4 fully saturated rings. The summed E-state index contributed by atoms with van der Waals surface area (Å²) in [6, 6.07) is 0. The van der Waals surface area contributed by atoms with E-state index in [0.29, 0.717) is 5.91 Å². The Hall–Kier alpha value is -0.570. The summed E-state index contributed by atoms with van der Waals surface area (Å²) >= 11 is 0. The Labute approximate surface area is 117 Å². The SMILES string of the molecule is C[NH+](C)CCNC(=O)C12CC3CCC(CC(C3)C1)C2. The molecule has 19 heavy (non-hydrogen) atoms. The molecule has 0 aliphatic heterocycles. The molecule has 2 unspecified atom stereocenters. The highest BCUT2D eigenvalue weighted by Crippen LogP contribution is 2.57. The summed E-state index contributed by atoms with van der Waals surface area (Å²) in [5.41, 5.74) is 0.0225. The van der Waals surface area contributed by atoms with Gasteiger partial charge in [0.05, 0.1) is 27.2 Å². The molecule has 0 spiro atoms. The molecule has 3 heteroatoms. The van der Waals surface area contributed by atoms with Crippen LogP contribution in [0.3, 0.4) is 0 Å². The summed E-state index contributed by atoms with van der Waals surface area (Å²) in [6.45, 7) is 1.86. The van der Waals surface area contributed by atoms with E-state index in [1.807, 2.05) is 0 Å². The number of hydrogen-bond acceptors (Lipinski definition) is 1. The summed E-state index contributed by atoms with van der Waals surface area (Å²) < 4.78 is 0. The van der Waals surface area contributed by atoms with E-state index in [0.717, 1.165) is 30.8 Å². The van der Waals surface area contributed by atoms with Crippen LogP contribution in [-0.2, 0) is 4.79 Å². The highest BCUT2D eigenvalue weighted by molar-refractivity contribution is 5.83. The van der Waals surface area contributed by atoms with Gasteiger partial charge in [0, 0.05) is 5.41 Å². The van der Waals surface area contributed by atoms with Crippen LogP contribution in [0.1, 0.15) is 44.9 Å². The van der Waals surface area contributed by atoms with Crippen molar-refractivity contribution >= 4 is 5.91 Å². The van der Waals surface area contributed by atoms with Crippen molar-refractivity contribution in [1.82, 2.24) is 5.32 Å². The minimum absolute atomic E-state index is 0.0225. The molecule has 2 atom stereocenters. The van der Waals surface area contributed by atoms with E-state index in [1.165, 1.54) is 49.8 Å². The van der Waals surface area contributed by atoms with E-state index in [-0.39, 0.29) is 5.41 Å². The minimum atomic E-state index is 0.0225. The van der Waals surface area contributed by atoms with Gasteiger partial charge in [0.1, 0.15) is 0 Å². The Bertz CT molecular complexity index is 337. The lowest BCUT2D eigenvalue weighted by atomic mass is 9.58. The number of quaternary nitrogens is 1. The highest BCUT2D eigenvalue weighted by Gasteiger charge is 2.52. The van der Waals surface area contributed by atoms with Crippen molar-refractivity contribution < 1.29 is 9.69 Å². The first-order valence-corrected chi connectivity index (χ1v) is 8.15. The smallest absolute Gasteiger partial charge is 0.226 e. The molecule has 108 valence electrons. The van der Waals surface area contributed by atoms with Crippen LogP contribution in [0, 0.1) is 23.2 Å². The van der Waals surface area contributed by atoms with E-state index < -0.39 is 0 Å². The predicted octanol–water partition coefficient (Wildman–Crippen LogP) is 0.854. The lowest BCUT2D eigenvalue weighted by Crippen LogP contribution is -3.06. The van der Waals surface area contributed by atoms with Gasteiger partial charge in [0.25, 0.3) is 0 Å². The zero-order valence-corrected chi connectivity index (χ0v) is 12.5. The number of amides is 1. The second-order valence-electron chi connectivity index (χ2n) is 7.75. The molecular formula is C16H29N2O+. The maximum atomic E-state index is 12.7. The van der Waals surface area contributed by atoms with Crippen LogP contribution < -0.4 is 10.2 Å². The normalized spacial score (nSPS) is 40.5. The standard InChI is InChI=1S/C16H28N2O/c1-18(2)6-5-17-15(19)16-9-12-3-4-13(10-16)8-14(7-12)11-16/h12-14H,3-11H2,1-2H3,(H,17,19)/p+1. The van der Waals surface area contributed by atoms with E-state index >= 15 is 0 Å². The zero-order valence-electron chi connectivity index (χ0n) is 12.5. The number of hydrogen-bond donors (Lipinski definition) is 2. The van der Waals surface area contributed by atoms with Gasteiger partial charge in [-0.05, 0) is 49.9 Å². The van der Waals surface area contributed by atoms with Gasteiger partial charge in [0.2, 0.25) is 5.91 Å². The molecule has 3 nitrogen and oxygen atoms in total. The molecule has 1 amide bonds. The van der Waals surface area contributed by atoms with E-state index in [4.69, 9.17) is 0 Å². The quantitative estimate of drug-likeness (QED) is 0.776. The van der Waals surface area contributed by atoms with Gasteiger partial charge >= 0.3 is 0 Å². The summed E-state index contributed by atoms with van der Waals surface area (Å²) in [7, 11) is 4.28. The van der Waals surface area contributed by atoms with Crippen LogP contribution in [0.25, 0.3) is 0 Å². The maximum absolute atomic E-state index is 12.7. The molecule has 4 saturated carbocycles. The molecule has 4 aliphatic rings. The summed E-state index contributed by atoms with van der Waals surface area (Å²) in [6.07, 6.45) is 9.14. The Morgan fingerprint density at radius 2 is 1.68 bits per heavy atom. The van der Waals surface area contributed by atoms with Gasteiger partial charge in [0.15, 0.2) is 0 Å². The van der Waals surface area contributed by atoms with Crippen molar-refractivity contribution in [3.63, 3.8) is 0 Å². The van der Waals surface area contributed by atoms with Gasteiger partial charge < -0.3 is 10.2 Å². The van der Waals surface area contributed by atoms with Crippen molar-refractivity contribution in [2.75, 3.05) is 27.2 Å². The fraction of sp³-hybridized carbons (Fsp3) is 0.938. The van der Waals surface area contributed by atoms with Crippen LogP contribution in [-0.4, -0.2) is 33.1 Å². The van der Waals surface area contributed by atoms with Crippen LogP contribution in [0.5, 0.6) is 0 Å². The Balaban J connectivity index is 1.67. The molecular weight excluding hydrogens is 236 g/mol. The number of likely N-dealkylation sites (N-methyl/N-ethyl adjacent to an activating group) is 1. The Kier molecular flexibility index (Phi) is 3.59. The van der Waals surface area contributed by atoms with E-state index in [1.54, 1.807) is 0 Å². The minimum Gasteiger partial charge on any atom is -0.350 e. The number of rotatable bonds is 4. The third kappa shape index (κ3) is 2.67. The number of carbonyl (C=O) groups excluding carboxylic acids is 1. The monoisotopic (exact) mass is 265 g/mol. The van der Waals surface area contributed by atoms with E-state index in [2.05, 4.69) is 19.4 Å². The summed E-state index contributed by atoms with van der Waals surface area (Å²) in [5.74, 6) is 2.92. The molecule has 4 aliphatic carbocycles. The highest BCUT2D eigenvalue weighted by atomic mass is 16.2. The first kappa shape index (κ1) is 13.4. The average molecular weight is 265 g/mol. The molecule has 0 saturated heterocycles. The third-order valence-electron chi connectivity index (χ3n) is 5.75. The first-order valence-electron chi connectivity index (χ1n) is 8.15. The lowest BCUT2D eigenvalue weighted by Gasteiger charge is -2.47. The number of nitrogens with one attached hydrogen (secondary N) is 2. The van der Waals surface area contributed by atoms with Gasteiger partial charge in [-0.15, -0.1) is 0 Å². The fourth-order valence-corrected chi connectivity index (χ4v) is 5.08. The molecule has 2 N–H and O–H groups in total. The summed E-state index contributed by atoms with van der Waals surface area (Å²) in [4.78, 5) is 14.1. The van der Waals surface area contributed by atoms with Crippen molar-refractivity contribution in [2.45, 2.75) is 44.9 Å². The van der Waals surface area contributed by atoms with Crippen molar-refractivity contribution in [3.05, 3.63) is 0 Å². The van der Waals surface area contributed by atoms with Crippen LogP contribution in [0.15, 0.2) is 0 Å². The van der Waals surface area contributed by atoms with Crippen LogP contribution in [0.2, 0.25) is 0 Å². The molecule has 0 aromatic heterocycles. The van der Waals surface area contributed by atoms with Gasteiger partial charge in [-0.2, -0.15) is 0 Å². The largest absolute Gasteiger partial charge is 0.350 e. The average Bonchev–Trinajstić information content (AvgIpc) is 2.55. The van der Waals surface area contributed by atoms with Crippen LogP contribution in [0.4, 0.5) is 0 Å². The topological polar surface area (TPSA) is 33.5 Å². The second-order valence-corrected chi connectivity index (χ2v) is 7.75. The summed E-state index contributed by atoms with van der Waals surface area (Å²) in [5, 5.41) is 3.24. The lowest BCUT2D eigenvalue weighted by molar-refractivity contribution is -0.856.